The van der Waals surface area contributed by atoms with Gasteiger partial charge in [-0.15, -0.1) is 0 Å². The molecule has 0 saturated carbocycles. The largest absolute Gasteiger partial charge is 0.324 e. The molecule has 0 aliphatic carbocycles. The maximum Gasteiger partial charge on any atom is 0.292 e. The number of rotatable bonds is 2. The van der Waals surface area contributed by atoms with E-state index in [1.54, 1.807) is 0 Å². The van der Waals surface area contributed by atoms with Crippen LogP contribution in [-0.2, 0) is 9.59 Å². The summed E-state index contributed by atoms with van der Waals surface area (Å²) in [5.41, 5.74) is 0.650. The van der Waals surface area contributed by atoms with Gasteiger partial charge in [-0.3, -0.25) is 9.59 Å². The number of amides is 2. The number of hydrogen-bond donors (Lipinski definition) is 1. The van der Waals surface area contributed by atoms with Crippen molar-refractivity contribution in [3.8, 4) is 0 Å². The van der Waals surface area contributed by atoms with Crippen LogP contribution in [0.25, 0.3) is 0 Å². The number of hydrogen-bond acceptors (Lipinski definition) is 2. The second-order valence-corrected chi connectivity index (χ2v) is 8.12. The summed E-state index contributed by atoms with van der Waals surface area (Å²) < 4.78 is 1.68. The number of carbonyl (C=O) groups excluding carboxylic acids is 2. The van der Waals surface area contributed by atoms with Gasteiger partial charge in [0.25, 0.3) is 5.91 Å². The maximum atomic E-state index is 12.9. The third-order valence-corrected chi connectivity index (χ3v) is 5.91. The van der Waals surface area contributed by atoms with Crippen molar-refractivity contribution in [2.75, 3.05) is 18.0 Å². The van der Waals surface area contributed by atoms with E-state index < -0.39 is 0 Å². The van der Waals surface area contributed by atoms with Crippen LogP contribution in [-0.4, -0.2) is 30.9 Å². The van der Waals surface area contributed by atoms with Gasteiger partial charge in [-0.1, -0.05) is 22.4 Å². The standard InChI is InChI=1S/C17H20Br2N2O2/c18-12-6-7-14(13(19)10-12)21-16(22)11-15(17(21)23)20-8-4-2-1-3-5-9-20/h6-7,10,15H,1-5,8-9,11H2/p+1/t15-/m0/s1. The summed E-state index contributed by atoms with van der Waals surface area (Å²) in [7, 11) is 0. The zero-order chi connectivity index (χ0) is 16.4. The summed E-state index contributed by atoms with van der Waals surface area (Å²) in [6, 6.07) is 5.33. The van der Waals surface area contributed by atoms with Crippen molar-refractivity contribution in [1.29, 1.82) is 0 Å². The number of halogens is 2. The smallest absolute Gasteiger partial charge is 0.292 e. The Morgan fingerprint density at radius 3 is 2.30 bits per heavy atom. The first-order valence-corrected chi connectivity index (χ1v) is 9.83. The van der Waals surface area contributed by atoms with E-state index in [1.165, 1.54) is 29.1 Å². The molecule has 2 aliphatic rings. The Kier molecular flexibility index (Phi) is 5.54. The van der Waals surface area contributed by atoms with Crippen molar-refractivity contribution in [2.24, 2.45) is 0 Å². The Labute approximate surface area is 153 Å². The van der Waals surface area contributed by atoms with Gasteiger partial charge in [-0.25, -0.2) is 4.90 Å². The van der Waals surface area contributed by atoms with E-state index >= 15 is 0 Å². The predicted octanol–water partition coefficient (Wildman–Crippen LogP) is 2.69. The summed E-state index contributed by atoms with van der Waals surface area (Å²) in [6.07, 6.45) is 6.39. The van der Waals surface area contributed by atoms with Gasteiger partial charge >= 0.3 is 0 Å². The van der Waals surface area contributed by atoms with Crippen LogP contribution in [0.4, 0.5) is 5.69 Å². The molecule has 23 heavy (non-hydrogen) atoms. The Morgan fingerprint density at radius 2 is 1.65 bits per heavy atom. The molecule has 2 fully saturated rings. The Bertz CT molecular complexity index is 613. The first-order valence-electron chi connectivity index (χ1n) is 8.24. The highest BCUT2D eigenvalue weighted by molar-refractivity contribution is 9.11. The van der Waals surface area contributed by atoms with Crippen LogP contribution in [0.3, 0.4) is 0 Å². The highest BCUT2D eigenvalue weighted by Crippen LogP contribution is 2.32. The molecular weight excluding hydrogens is 424 g/mol. The fourth-order valence-electron chi connectivity index (χ4n) is 3.57. The number of quaternary nitrogens is 1. The van der Waals surface area contributed by atoms with Crippen LogP contribution in [0.15, 0.2) is 27.1 Å². The minimum Gasteiger partial charge on any atom is -0.324 e. The monoisotopic (exact) mass is 443 g/mol. The summed E-state index contributed by atoms with van der Waals surface area (Å²) in [5, 5.41) is 0. The van der Waals surface area contributed by atoms with Crippen molar-refractivity contribution in [1.82, 2.24) is 0 Å². The molecule has 0 radical (unpaired) electrons. The van der Waals surface area contributed by atoms with Crippen LogP contribution < -0.4 is 9.80 Å². The van der Waals surface area contributed by atoms with Crippen LogP contribution in [0, 0.1) is 0 Å². The van der Waals surface area contributed by atoms with E-state index in [2.05, 4.69) is 31.9 Å². The van der Waals surface area contributed by atoms with Crippen LogP contribution >= 0.6 is 31.9 Å². The van der Waals surface area contributed by atoms with Gasteiger partial charge in [0.2, 0.25) is 5.91 Å². The summed E-state index contributed by atoms with van der Waals surface area (Å²) in [5.74, 6) is -0.133. The third kappa shape index (κ3) is 3.69. The van der Waals surface area contributed by atoms with Gasteiger partial charge in [0, 0.05) is 8.95 Å². The zero-order valence-electron chi connectivity index (χ0n) is 13.0. The van der Waals surface area contributed by atoms with Crippen LogP contribution in [0.5, 0.6) is 0 Å². The predicted molar refractivity (Wildman–Crippen MR) is 96.5 cm³/mol. The van der Waals surface area contributed by atoms with Gasteiger partial charge in [0.05, 0.1) is 25.2 Å². The number of benzene rings is 1. The molecule has 0 bridgehead atoms. The maximum absolute atomic E-state index is 12.9. The Hall–Kier alpha value is -0.720. The highest BCUT2D eigenvalue weighted by Gasteiger charge is 2.46. The van der Waals surface area contributed by atoms with Crippen molar-refractivity contribution in [3.05, 3.63) is 27.1 Å². The lowest BCUT2D eigenvalue weighted by atomic mass is 10.1. The summed E-state index contributed by atoms with van der Waals surface area (Å²) in [6.45, 7) is 2.00. The van der Waals surface area contributed by atoms with Crippen molar-refractivity contribution in [2.45, 2.75) is 44.6 Å². The lowest BCUT2D eigenvalue weighted by Gasteiger charge is -2.26. The fraction of sp³-hybridized carbons (Fsp3) is 0.529. The number of anilines is 1. The molecule has 1 N–H and O–H groups in total. The average Bonchev–Trinajstić information content (AvgIpc) is 2.75. The minimum absolute atomic E-state index is 0.0476. The number of imide groups is 1. The molecule has 2 saturated heterocycles. The normalized spacial score (nSPS) is 23.9. The van der Waals surface area contributed by atoms with Gasteiger partial charge in [-0.05, 0) is 59.8 Å². The molecule has 4 nitrogen and oxygen atoms in total. The minimum atomic E-state index is -0.212. The van der Waals surface area contributed by atoms with Gasteiger partial charge in [-0.2, -0.15) is 0 Å². The molecule has 6 heteroatoms. The molecule has 3 rings (SSSR count). The number of nitrogens with one attached hydrogen (secondary N) is 1. The quantitative estimate of drug-likeness (QED) is 0.712. The van der Waals surface area contributed by atoms with E-state index in [0.717, 1.165) is 34.9 Å². The molecule has 2 aliphatic heterocycles. The second-order valence-electron chi connectivity index (χ2n) is 6.35. The number of nitrogens with zero attached hydrogens (tertiary/aromatic N) is 1. The molecule has 1 aromatic rings. The zero-order valence-corrected chi connectivity index (χ0v) is 16.2. The first-order chi connectivity index (χ1) is 11.1. The van der Waals surface area contributed by atoms with Crippen molar-refractivity contribution < 1.29 is 14.5 Å². The third-order valence-electron chi connectivity index (χ3n) is 4.79. The Morgan fingerprint density at radius 1 is 1.00 bits per heavy atom. The van der Waals surface area contributed by atoms with Crippen molar-refractivity contribution >= 4 is 49.4 Å². The molecule has 1 atom stereocenters. The molecular formula is C17H21Br2N2O2+. The van der Waals surface area contributed by atoms with Crippen LogP contribution in [0.1, 0.15) is 38.5 Å². The lowest BCUT2D eigenvalue weighted by molar-refractivity contribution is -0.915. The first kappa shape index (κ1) is 17.1. The van der Waals surface area contributed by atoms with E-state index in [9.17, 15) is 9.59 Å². The van der Waals surface area contributed by atoms with Gasteiger partial charge in [0.15, 0.2) is 6.04 Å². The summed E-state index contributed by atoms with van der Waals surface area (Å²) >= 11 is 6.87. The van der Waals surface area contributed by atoms with E-state index in [4.69, 9.17) is 0 Å². The van der Waals surface area contributed by atoms with E-state index in [-0.39, 0.29) is 17.9 Å². The van der Waals surface area contributed by atoms with E-state index in [1.807, 2.05) is 18.2 Å². The van der Waals surface area contributed by atoms with Crippen molar-refractivity contribution in [3.63, 3.8) is 0 Å². The second kappa shape index (κ2) is 7.45. The molecule has 0 aromatic heterocycles. The molecule has 2 amide bonds. The SMILES string of the molecule is O=C1C[C@H]([NH+]2CCCCCCC2)C(=O)N1c1ccc(Br)cc1Br. The molecule has 0 spiro atoms. The fourth-order valence-corrected chi connectivity index (χ4v) is 4.80. The van der Waals surface area contributed by atoms with E-state index in [0.29, 0.717) is 12.1 Å². The number of carbonyl (C=O) groups is 2. The molecule has 1 aromatic carbocycles. The Balaban J connectivity index is 1.81. The molecule has 124 valence electrons. The summed E-state index contributed by atoms with van der Waals surface area (Å²) in [4.78, 5) is 28.0. The van der Waals surface area contributed by atoms with Crippen LogP contribution in [0.2, 0.25) is 0 Å². The molecule has 2 heterocycles. The number of likely N-dealkylation sites (tertiary alicyclic amines) is 1. The highest BCUT2D eigenvalue weighted by atomic mass is 79.9. The average molecular weight is 445 g/mol. The van der Waals surface area contributed by atoms with Gasteiger partial charge < -0.3 is 4.90 Å². The lowest BCUT2D eigenvalue weighted by Crippen LogP contribution is -3.16. The topological polar surface area (TPSA) is 41.8 Å². The molecule has 0 unspecified atom stereocenters. The van der Waals surface area contributed by atoms with Gasteiger partial charge in [0.1, 0.15) is 0 Å².